The predicted octanol–water partition coefficient (Wildman–Crippen LogP) is 3.18. The lowest BCUT2D eigenvalue weighted by atomic mass is 9.96. The standard InChI is InChI=1S/C23H19F3N6O2/c1-31-11-17(13-4-3-5-28-9-13)15(7-20(31)33)18-12-32(2)22(34)21-16(18)6-19(30-21)14(8-27)10-29-23(24,25)26/h3-12,30H,27H2,1-2H3. The van der Waals surface area contributed by atoms with Gasteiger partial charge in [-0.05, 0) is 17.7 Å². The van der Waals surface area contributed by atoms with Crippen molar-refractivity contribution < 1.29 is 13.2 Å². The number of fused-ring (bicyclic) bond motifs is 1. The summed E-state index contributed by atoms with van der Waals surface area (Å²) in [6.45, 7) is 0. The van der Waals surface area contributed by atoms with Gasteiger partial charge in [-0.3, -0.25) is 14.6 Å². The number of alkyl halides is 3. The van der Waals surface area contributed by atoms with E-state index in [2.05, 4.69) is 15.0 Å². The van der Waals surface area contributed by atoms with Gasteiger partial charge in [-0.25, -0.2) is 0 Å². The van der Waals surface area contributed by atoms with Crippen LogP contribution in [-0.4, -0.2) is 31.6 Å². The zero-order valence-electron chi connectivity index (χ0n) is 18.1. The number of aromatic amines is 1. The van der Waals surface area contributed by atoms with Crippen LogP contribution in [0.1, 0.15) is 5.69 Å². The number of aliphatic imine (C=N–C) groups is 1. The number of pyridine rings is 3. The van der Waals surface area contributed by atoms with E-state index in [4.69, 9.17) is 5.73 Å². The van der Waals surface area contributed by atoms with Crippen LogP contribution in [0.5, 0.6) is 0 Å². The smallest absolute Gasteiger partial charge is 0.404 e. The molecule has 0 aliphatic heterocycles. The number of H-pyrrole nitrogens is 1. The van der Waals surface area contributed by atoms with Crippen molar-refractivity contribution in [2.45, 2.75) is 6.30 Å². The maximum absolute atomic E-state index is 12.8. The van der Waals surface area contributed by atoms with Crippen LogP contribution in [-0.2, 0) is 14.1 Å². The fourth-order valence-corrected chi connectivity index (χ4v) is 3.65. The van der Waals surface area contributed by atoms with Crippen molar-refractivity contribution in [1.82, 2.24) is 19.1 Å². The molecule has 0 saturated heterocycles. The highest BCUT2D eigenvalue weighted by Gasteiger charge is 2.25. The molecule has 0 fully saturated rings. The van der Waals surface area contributed by atoms with Crippen LogP contribution in [0.15, 0.2) is 69.8 Å². The van der Waals surface area contributed by atoms with Gasteiger partial charge >= 0.3 is 6.30 Å². The summed E-state index contributed by atoms with van der Waals surface area (Å²) in [4.78, 5) is 34.9. The van der Waals surface area contributed by atoms with Crippen LogP contribution in [0.25, 0.3) is 38.7 Å². The first-order valence-electron chi connectivity index (χ1n) is 9.97. The van der Waals surface area contributed by atoms with Crippen LogP contribution in [0.2, 0.25) is 0 Å². The normalized spacial score (nSPS) is 12.7. The Morgan fingerprint density at radius 2 is 1.85 bits per heavy atom. The van der Waals surface area contributed by atoms with Gasteiger partial charge in [-0.1, -0.05) is 6.07 Å². The minimum atomic E-state index is -4.77. The van der Waals surface area contributed by atoms with Gasteiger partial charge in [0.1, 0.15) is 5.52 Å². The van der Waals surface area contributed by atoms with Gasteiger partial charge in [0.25, 0.3) is 11.1 Å². The number of hydrogen-bond donors (Lipinski definition) is 2. The van der Waals surface area contributed by atoms with E-state index in [1.165, 1.54) is 21.3 Å². The minimum absolute atomic E-state index is 0.0574. The number of halogens is 3. The number of nitrogens with zero attached hydrogens (tertiary/aromatic N) is 4. The summed E-state index contributed by atoms with van der Waals surface area (Å²) >= 11 is 0. The van der Waals surface area contributed by atoms with Crippen molar-refractivity contribution in [2.75, 3.05) is 0 Å². The Balaban J connectivity index is 2.01. The summed E-state index contributed by atoms with van der Waals surface area (Å²) in [5.74, 6) is 0. The number of aromatic nitrogens is 4. The Kier molecular flexibility index (Phi) is 5.70. The van der Waals surface area contributed by atoms with Crippen molar-refractivity contribution in [3.05, 3.63) is 81.7 Å². The maximum atomic E-state index is 12.8. The molecule has 0 atom stereocenters. The molecule has 8 nitrogen and oxygen atoms in total. The number of nitrogens with two attached hydrogens (primary N) is 1. The average Bonchev–Trinajstić information content (AvgIpc) is 3.24. The quantitative estimate of drug-likeness (QED) is 0.354. The number of aryl methyl sites for hydroxylation is 2. The van der Waals surface area contributed by atoms with Crippen LogP contribution < -0.4 is 16.9 Å². The second-order valence-electron chi connectivity index (χ2n) is 7.57. The van der Waals surface area contributed by atoms with E-state index in [-0.39, 0.29) is 22.3 Å². The molecule has 4 heterocycles. The zero-order valence-corrected chi connectivity index (χ0v) is 18.1. The molecule has 0 amide bonds. The maximum Gasteiger partial charge on any atom is 0.503 e. The molecule has 0 unspecified atom stereocenters. The summed E-state index contributed by atoms with van der Waals surface area (Å²) in [6.07, 6.45) is 3.28. The minimum Gasteiger partial charge on any atom is -0.404 e. The Bertz CT molecular complexity index is 1560. The Morgan fingerprint density at radius 1 is 1.12 bits per heavy atom. The van der Waals surface area contributed by atoms with E-state index >= 15 is 0 Å². The molecular weight excluding hydrogens is 449 g/mol. The Morgan fingerprint density at radius 3 is 2.50 bits per heavy atom. The summed E-state index contributed by atoms with van der Waals surface area (Å²) in [5.41, 5.74) is 7.60. The molecule has 174 valence electrons. The van der Waals surface area contributed by atoms with Crippen molar-refractivity contribution in [1.29, 1.82) is 0 Å². The van der Waals surface area contributed by atoms with E-state index < -0.39 is 11.9 Å². The lowest BCUT2D eigenvalue weighted by molar-refractivity contribution is -0.118. The molecule has 0 bridgehead atoms. The average molecular weight is 468 g/mol. The topological polar surface area (TPSA) is 111 Å². The summed E-state index contributed by atoms with van der Waals surface area (Å²) in [5, 5.41) is 0.413. The van der Waals surface area contributed by atoms with Gasteiger partial charge in [0, 0.05) is 90.7 Å². The second-order valence-corrected chi connectivity index (χ2v) is 7.57. The van der Waals surface area contributed by atoms with Gasteiger partial charge < -0.3 is 19.9 Å². The lowest BCUT2D eigenvalue weighted by Gasteiger charge is -2.13. The number of allylic oxidation sites excluding steroid dienone is 1. The van der Waals surface area contributed by atoms with Crippen molar-refractivity contribution in [2.24, 2.45) is 24.8 Å². The second kappa shape index (κ2) is 8.50. The van der Waals surface area contributed by atoms with E-state index in [9.17, 15) is 22.8 Å². The third-order valence-electron chi connectivity index (χ3n) is 5.30. The first-order valence-corrected chi connectivity index (χ1v) is 9.97. The Hall–Kier alpha value is -4.41. The molecule has 0 aliphatic carbocycles. The van der Waals surface area contributed by atoms with E-state index in [0.717, 1.165) is 11.8 Å². The number of hydrogen-bond acceptors (Lipinski definition) is 5. The third-order valence-corrected chi connectivity index (χ3v) is 5.30. The molecule has 4 aromatic rings. The number of nitrogens with one attached hydrogen (secondary N) is 1. The molecule has 0 aromatic carbocycles. The molecule has 4 aromatic heterocycles. The molecule has 0 saturated carbocycles. The van der Waals surface area contributed by atoms with Gasteiger partial charge in [0.05, 0.1) is 0 Å². The molecule has 34 heavy (non-hydrogen) atoms. The highest BCUT2D eigenvalue weighted by Crippen LogP contribution is 2.35. The fourth-order valence-electron chi connectivity index (χ4n) is 3.65. The monoisotopic (exact) mass is 468 g/mol. The highest BCUT2D eigenvalue weighted by atomic mass is 19.4. The molecule has 3 N–H and O–H groups in total. The summed E-state index contributed by atoms with van der Waals surface area (Å²) < 4.78 is 40.5. The molecule has 11 heteroatoms. The Labute approximate surface area is 190 Å². The SMILES string of the molecule is Cn1cc(-c2cccnc2)c(-c2cn(C)c(=O)c3[nH]c(C(C=NC(F)(F)F)=CN)cc23)cc1=O. The summed E-state index contributed by atoms with van der Waals surface area (Å²) in [7, 11) is 3.16. The zero-order chi connectivity index (χ0) is 24.6. The van der Waals surface area contributed by atoms with Crippen molar-refractivity contribution in [3.63, 3.8) is 0 Å². The highest BCUT2D eigenvalue weighted by molar-refractivity contribution is 6.11. The summed E-state index contributed by atoms with van der Waals surface area (Å²) in [6, 6.07) is 6.55. The van der Waals surface area contributed by atoms with Crippen LogP contribution >= 0.6 is 0 Å². The predicted molar refractivity (Wildman–Crippen MR) is 124 cm³/mol. The molecule has 0 aliphatic rings. The van der Waals surface area contributed by atoms with Crippen molar-refractivity contribution >= 4 is 22.7 Å². The van der Waals surface area contributed by atoms with Crippen molar-refractivity contribution in [3.8, 4) is 22.3 Å². The first kappa shape index (κ1) is 22.8. The fraction of sp³-hybridized carbons (Fsp3) is 0.130. The largest absolute Gasteiger partial charge is 0.503 e. The van der Waals surface area contributed by atoms with Crippen LogP contribution in [0, 0.1) is 0 Å². The van der Waals surface area contributed by atoms with Crippen LogP contribution in [0.3, 0.4) is 0 Å². The molecular formula is C23H19F3N6O2. The third kappa shape index (κ3) is 4.27. The molecule has 4 rings (SSSR count). The van der Waals surface area contributed by atoms with Gasteiger partial charge in [-0.2, -0.15) is 4.99 Å². The van der Waals surface area contributed by atoms with Gasteiger partial charge in [0.15, 0.2) is 0 Å². The van der Waals surface area contributed by atoms with Gasteiger partial charge in [0.2, 0.25) is 0 Å². The van der Waals surface area contributed by atoms with E-state index in [1.807, 2.05) is 6.07 Å². The van der Waals surface area contributed by atoms with Crippen LogP contribution in [0.4, 0.5) is 13.2 Å². The number of rotatable bonds is 4. The van der Waals surface area contributed by atoms with E-state index in [1.54, 1.807) is 44.9 Å². The molecule has 0 spiro atoms. The lowest BCUT2D eigenvalue weighted by Crippen LogP contribution is -2.18. The molecule has 0 radical (unpaired) electrons. The van der Waals surface area contributed by atoms with Gasteiger partial charge in [-0.15, -0.1) is 13.2 Å². The first-order chi connectivity index (χ1) is 16.1. The van der Waals surface area contributed by atoms with E-state index in [0.29, 0.717) is 28.3 Å².